The third kappa shape index (κ3) is 4.23. The summed E-state index contributed by atoms with van der Waals surface area (Å²) in [7, 11) is 0. The van der Waals surface area contributed by atoms with Crippen LogP contribution in [0.3, 0.4) is 0 Å². The Morgan fingerprint density at radius 3 is 2.19 bits per heavy atom. The van der Waals surface area contributed by atoms with Crippen LogP contribution in [0, 0.1) is 5.41 Å². The molecule has 1 atom stereocenters. The van der Waals surface area contributed by atoms with E-state index in [4.69, 9.17) is 5.73 Å². The second-order valence-electron chi connectivity index (χ2n) is 6.91. The molecule has 1 saturated heterocycles. The lowest BCUT2D eigenvalue weighted by Gasteiger charge is -2.41. The molecule has 118 valence electrons. The summed E-state index contributed by atoms with van der Waals surface area (Å²) in [5.74, 6) is 0.620. The van der Waals surface area contributed by atoms with Crippen molar-refractivity contribution in [2.45, 2.75) is 58.8 Å². The van der Waals surface area contributed by atoms with Crippen LogP contribution in [-0.4, -0.2) is 24.5 Å². The van der Waals surface area contributed by atoms with Crippen molar-refractivity contribution in [3.8, 4) is 0 Å². The molecular weight excluding hydrogens is 256 g/mol. The van der Waals surface area contributed by atoms with Crippen molar-refractivity contribution in [3.05, 3.63) is 29.8 Å². The monoisotopic (exact) mass is 288 g/mol. The van der Waals surface area contributed by atoms with Crippen molar-refractivity contribution >= 4 is 5.69 Å². The van der Waals surface area contributed by atoms with Gasteiger partial charge in [-0.2, -0.15) is 0 Å². The number of benzene rings is 1. The van der Waals surface area contributed by atoms with Gasteiger partial charge in [0.1, 0.15) is 0 Å². The predicted molar refractivity (Wildman–Crippen MR) is 92.6 cm³/mol. The van der Waals surface area contributed by atoms with E-state index >= 15 is 0 Å². The highest BCUT2D eigenvalue weighted by molar-refractivity contribution is 5.40. The van der Waals surface area contributed by atoms with E-state index in [0.717, 1.165) is 5.69 Å². The van der Waals surface area contributed by atoms with Gasteiger partial charge in [0.15, 0.2) is 0 Å². The molecule has 0 bridgehead atoms. The maximum Gasteiger partial charge on any atom is 0.0314 e. The number of rotatable bonds is 6. The first-order chi connectivity index (χ1) is 10.1. The minimum Gasteiger partial charge on any atom is -0.399 e. The summed E-state index contributed by atoms with van der Waals surface area (Å²) < 4.78 is 0. The quantitative estimate of drug-likeness (QED) is 0.771. The minimum absolute atomic E-state index is 0.620. The van der Waals surface area contributed by atoms with Crippen LogP contribution in [-0.2, 0) is 0 Å². The Morgan fingerprint density at radius 1 is 1.10 bits per heavy atom. The zero-order chi connectivity index (χ0) is 15.3. The molecule has 1 fully saturated rings. The molecule has 0 saturated carbocycles. The normalized spacial score (nSPS) is 20.3. The number of hydrogen-bond acceptors (Lipinski definition) is 2. The predicted octanol–water partition coefficient (Wildman–Crippen LogP) is 4.66. The van der Waals surface area contributed by atoms with Gasteiger partial charge in [0.2, 0.25) is 0 Å². The molecule has 1 aromatic carbocycles. The van der Waals surface area contributed by atoms with Crippen molar-refractivity contribution in [3.63, 3.8) is 0 Å². The van der Waals surface area contributed by atoms with Crippen molar-refractivity contribution in [1.82, 2.24) is 4.90 Å². The van der Waals surface area contributed by atoms with Crippen molar-refractivity contribution in [2.24, 2.45) is 5.41 Å². The molecule has 1 aromatic rings. The lowest BCUT2D eigenvalue weighted by molar-refractivity contribution is 0.0937. The van der Waals surface area contributed by atoms with Crippen molar-refractivity contribution in [1.29, 1.82) is 0 Å². The first kappa shape index (κ1) is 16.4. The largest absolute Gasteiger partial charge is 0.399 e. The van der Waals surface area contributed by atoms with Crippen LogP contribution in [0.25, 0.3) is 0 Å². The van der Waals surface area contributed by atoms with Gasteiger partial charge in [0.25, 0.3) is 0 Å². The topological polar surface area (TPSA) is 29.3 Å². The number of piperidine rings is 1. The molecule has 2 rings (SSSR count). The van der Waals surface area contributed by atoms with Gasteiger partial charge in [0.05, 0.1) is 0 Å². The number of hydrogen-bond donors (Lipinski definition) is 1. The Hall–Kier alpha value is -1.02. The summed E-state index contributed by atoms with van der Waals surface area (Å²) in [4.78, 5) is 2.66. The molecule has 21 heavy (non-hydrogen) atoms. The van der Waals surface area contributed by atoms with Gasteiger partial charge in [-0.05, 0) is 67.9 Å². The SMILES string of the molecule is CCC1(CC)CCN(CCC(C)c2ccc(N)cc2)CC1. The Labute approximate surface area is 130 Å². The van der Waals surface area contributed by atoms with Crippen LogP contribution in [0.5, 0.6) is 0 Å². The lowest BCUT2D eigenvalue weighted by Crippen LogP contribution is -2.40. The highest BCUT2D eigenvalue weighted by Gasteiger charge is 2.30. The molecule has 2 heteroatoms. The van der Waals surface area contributed by atoms with Crippen LogP contribution in [0.4, 0.5) is 5.69 Å². The number of nitrogen functional groups attached to an aromatic ring is 1. The summed E-state index contributed by atoms with van der Waals surface area (Å²) >= 11 is 0. The molecule has 0 aromatic heterocycles. The molecule has 1 aliphatic rings. The van der Waals surface area contributed by atoms with E-state index in [1.807, 2.05) is 12.1 Å². The number of nitrogens with two attached hydrogens (primary N) is 1. The van der Waals surface area contributed by atoms with E-state index in [9.17, 15) is 0 Å². The summed E-state index contributed by atoms with van der Waals surface area (Å²) in [6, 6.07) is 8.39. The number of likely N-dealkylation sites (tertiary alicyclic amines) is 1. The third-order valence-corrected chi connectivity index (χ3v) is 5.80. The van der Waals surface area contributed by atoms with Gasteiger partial charge in [0, 0.05) is 5.69 Å². The second-order valence-corrected chi connectivity index (χ2v) is 6.91. The van der Waals surface area contributed by atoms with Crippen LogP contribution in [0.2, 0.25) is 0 Å². The fraction of sp³-hybridized carbons (Fsp3) is 0.684. The Bertz CT molecular complexity index is 410. The molecule has 1 aliphatic heterocycles. The zero-order valence-corrected chi connectivity index (χ0v) is 14.1. The van der Waals surface area contributed by atoms with Crippen molar-refractivity contribution < 1.29 is 0 Å². The van der Waals surface area contributed by atoms with Crippen LogP contribution in [0.1, 0.15) is 64.4 Å². The molecular formula is C19H32N2. The average Bonchev–Trinajstić information content (AvgIpc) is 2.54. The fourth-order valence-corrected chi connectivity index (χ4v) is 3.58. The molecule has 2 nitrogen and oxygen atoms in total. The molecule has 0 amide bonds. The maximum absolute atomic E-state index is 5.76. The summed E-state index contributed by atoms with van der Waals surface area (Å²) in [6.45, 7) is 10.9. The van der Waals surface area contributed by atoms with Gasteiger partial charge < -0.3 is 10.6 Å². The average molecular weight is 288 g/mol. The Morgan fingerprint density at radius 2 is 1.67 bits per heavy atom. The van der Waals surface area contributed by atoms with Crippen LogP contribution in [0.15, 0.2) is 24.3 Å². The number of anilines is 1. The van der Waals surface area contributed by atoms with Gasteiger partial charge in [-0.1, -0.05) is 45.7 Å². The highest BCUT2D eigenvalue weighted by atomic mass is 15.1. The summed E-state index contributed by atoms with van der Waals surface area (Å²) in [5, 5.41) is 0. The van der Waals surface area contributed by atoms with Crippen LogP contribution >= 0.6 is 0 Å². The van der Waals surface area contributed by atoms with E-state index < -0.39 is 0 Å². The molecule has 1 unspecified atom stereocenters. The van der Waals surface area contributed by atoms with E-state index in [0.29, 0.717) is 11.3 Å². The maximum atomic E-state index is 5.76. The number of nitrogens with zero attached hydrogens (tertiary/aromatic N) is 1. The molecule has 0 aliphatic carbocycles. The smallest absolute Gasteiger partial charge is 0.0314 e. The van der Waals surface area contributed by atoms with Crippen LogP contribution < -0.4 is 5.73 Å². The highest BCUT2D eigenvalue weighted by Crippen LogP contribution is 2.38. The summed E-state index contributed by atoms with van der Waals surface area (Å²) in [6.07, 6.45) is 6.71. The standard InChI is InChI=1S/C19H32N2/c1-4-19(5-2)11-14-21(15-12-19)13-10-16(3)17-6-8-18(20)9-7-17/h6-9,16H,4-5,10-15,20H2,1-3H3. The molecule has 0 spiro atoms. The Balaban J connectivity index is 1.78. The van der Waals surface area contributed by atoms with Gasteiger partial charge in [-0.15, -0.1) is 0 Å². The van der Waals surface area contributed by atoms with Gasteiger partial charge >= 0.3 is 0 Å². The zero-order valence-electron chi connectivity index (χ0n) is 14.1. The van der Waals surface area contributed by atoms with Gasteiger partial charge in [-0.3, -0.25) is 0 Å². The molecule has 0 radical (unpaired) electrons. The second kappa shape index (κ2) is 7.31. The van der Waals surface area contributed by atoms with E-state index in [1.54, 1.807) is 0 Å². The van der Waals surface area contributed by atoms with E-state index in [2.05, 4.69) is 37.8 Å². The van der Waals surface area contributed by atoms with Gasteiger partial charge in [-0.25, -0.2) is 0 Å². The lowest BCUT2D eigenvalue weighted by atomic mass is 9.74. The fourth-order valence-electron chi connectivity index (χ4n) is 3.58. The van der Waals surface area contributed by atoms with Crippen molar-refractivity contribution in [2.75, 3.05) is 25.4 Å². The van der Waals surface area contributed by atoms with E-state index in [-0.39, 0.29) is 0 Å². The third-order valence-electron chi connectivity index (χ3n) is 5.80. The minimum atomic E-state index is 0.620. The molecule has 1 heterocycles. The Kier molecular flexibility index (Phi) is 5.69. The first-order valence-corrected chi connectivity index (χ1v) is 8.66. The molecule has 2 N–H and O–H groups in total. The summed E-state index contributed by atoms with van der Waals surface area (Å²) in [5.41, 5.74) is 8.67. The first-order valence-electron chi connectivity index (χ1n) is 8.66. The van der Waals surface area contributed by atoms with E-state index in [1.165, 1.54) is 57.3 Å².